The van der Waals surface area contributed by atoms with Crippen LogP contribution in [0.4, 0.5) is 5.69 Å². The van der Waals surface area contributed by atoms with Crippen LogP contribution in [-0.2, 0) is 46.4 Å². The molecule has 2 aromatic rings. The molecule has 0 radical (unpaired) electrons. The third-order valence-corrected chi connectivity index (χ3v) is 12.7. The van der Waals surface area contributed by atoms with Crippen molar-refractivity contribution < 1.29 is 38.6 Å². The van der Waals surface area contributed by atoms with E-state index in [1.54, 1.807) is 18.9 Å². The van der Waals surface area contributed by atoms with E-state index in [-0.39, 0.29) is 55.0 Å². The van der Waals surface area contributed by atoms with Gasteiger partial charge in [-0.05, 0) is 68.0 Å². The van der Waals surface area contributed by atoms with Gasteiger partial charge >= 0.3 is 5.97 Å². The number of hydrogen-bond donors (Lipinski definition) is 4. The zero-order valence-electron chi connectivity index (χ0n) is 38.4. The second kappa shape index (κ2) is 23.7. The van der Waals surface area contributed by atoms with E-state index in [0.29, 0.717) is 31.6 Å². The Morgan fingerprint density at radius 2 is 1.61 bits per heavy atom. The number of nitrogen functional groups attached to an aromatic ring is 1. The van der Waals surface area contributed by atoms with E-state index in [2.05, 4.69) is 24.5 Å². The van der Waals surface area contributed by atoms with Gasteiger partial charge in [0.1, 0.15) is 17.9 Å². The summed E-state index contributed by atoms with van der Waals surface area (Å²) in [7, 11) is 6.90. The van der Waals surface area contributed by atoms with Crippen LogP contribution in [0.3, 0.4) is 0 Å². The molecule has 340 valence electrons. The molecule has 61 heavy (non-hydrogen) atoms. The van der Waals surface area contributed by atoms with Crippen molar-refractivity contribution in [3.8, 4) is 0 Å². The molecule has 3 rings (SSSR count). The molecule has 0 bridgehead atoms. The summed E-state index contributed by atoms with van der Waals surface area (Å²) in [6.07, 6.45) is 1.84. The first-order valence-corrected chi connectivity index (χ1v) is 21.8. The highest BCUT2D eigenvalue weighted by Gasteiger charge is 2.45. The number of methoxy groups -OCH3 is 2. The Balaban J connectivity index is 1.81. The predicted octanol–water partition coefficient (Wildman–Crippen LogP) is 4.64. The van der Waals surface area contributed by atoms with Gasteiger partial charge in [0.05, 0.1) is 36.6 Å². The Kier molecular flexibility index (Phi) is 19.8. The van der Waals surface area contributed by atoms with Crippen LogP contribution in [0.5, 0.6) is 0 Å². The molecule has 1 saturated heterocycles. The number of carboxylic acid groups (broad SMARTS) is 1. The normalized spacial score (nSPS) is 18.9. The highest BCUT2D eigenvalue weighted by molar-refractivity contribution is 5.87. The van der Waals surface area contributed by atoms with Crippen molar-refractivity contribution in [2.45, 2.75) is 129 Å². The number of likely N-dealkylation sites (N-methyl/N-ethyl adjacent to an activating group) is 2. The number of ether oxygens (including phenoxy) is 2. The molecule has 14 nitrogen and oxygen atoms in total. The van der Waals surface area contributed by atoms with E-state index in [1.165, 1.54) is 7.11 Å². The second-order valence-electron chi connectivity index (χ2n) is 17.8. The van der Waals surface area contributed by atoms with Crippen LogP contribution in [0.15, 0.2) is 54.6 Å². The van der Waals surface area contributed by atoms with Crippen molar-refractivity contribution in [3.63, 3.8) is 0 Å². The number of benzene rings is 2. The number of anilines is 1. The predicted molar refractivity (Wildman–Crippen MR) is 238 cm³/mol. The number of rotatable bonds is 25. The van der Waals surface area contributed by atoms with Crippen molar-refractivity contribution in [1.29, 1.82) is 0 Å². The summed E-state index contributed by atoms with van der Waals surface area (Å²) in [4.78, 5) is 73.4. The van der Waals surface area contributed by atoms with Crippen LogP contribution < -0.4 is 16.4 Å². The lowest BCUT2D eigenvalue weighted by atomic mass is 9.84. The number of carbonyl (C=O) groups is 5. The third-order valence-electron chi connectivity index (χ3n) is 12.7. The average molecular weight is 851 g/mol. The maximum atomic E-state index is 14.4. The smallest absolute Gasteiger partial charge is 0.326 e. The fourth-order valence-electron chi connectivity index (χ4n) is 9.08. The van der Waals surface area contributed by atoms with Gasteiger partial charge in [-0.25, -0.2) is 4.79 Å². The fraction of sp³-hybridized carbons (Fsp3) is 0.638. The molecule has 0 unspecified atom stereocenters. The second-order valence-corrected chi connectivity index (χ2v) is 17.8. The number of aliphatic carboxylic acids is 1. The number of aldehydes is 1. The minimum atomic E-state index is -1.26. The molecule has 1 aliphatic rings. The maximum Gasteiger partial charge on any atom is 0.326 e. The first kappa shape index (κ1) is 51.0. The van der Waals surface area contributed by atoms with Gasteiger partial charge in [-0.3, -0.25) is 24.2 Å². The highest BCUT2D eigenvalue weighted by atomic mass is 16.5. The SMILES string of the molecule is CC[C@H](C)[C@@H]([C@@H](CC(=O)N1CCC[C@H]1[C@H](OC)[C@@H](C)C(=O)N[C@@H](Cc1ccccc1)C(=O)O)OC)N(C)C[C@](C=O)(NC(=O)[C@H](C(C)C)N(C)Cc1cccc(N)c1)C(C)C. The monoisotopic (exact) mass is 851 g/mol. The number of nitrogens with zero attached hydrogens (tertiary/aromatic N) is 3. The van der Waals surface area contributed by atoms with Crippen LogP contribution in [0.2, 0.25) is 0 Å². The van der Waals surface area contributed by atoms with Gasteiger partial charge in [0.25, 0.3) is 0 Å². The zero-order chi connectivity index (χ0) is 45.6. The highest BCUT2D eigenvalue weighted by Crippen LogP contribution is 2.30. The number of nitrogens with two attached hydrogens (primary N) is 1. The van der Waals surface area contributed by atoms with E-state index in [9.17, 15) is 29.1 Å². The fourth-order valence-corrected chi connectivity index (χ4v) is 9.08. The largest absolute Gasteiger partial charge is 0.480 e. The van der Waals surface area contributed by atoms with Crippen LogP contribution >= 0.6 is 0 Å². The minimum Gasteiger partial charge on any atom is -0.480 e. The summed E-state index contributed by atoms with van der Waals surface area (Å²) in [5, 5.41) is 15.8. The zero-order valence-corrected chi connectivity index (χ0v) is 38.4. The molecule has 0 aromatic heterocycles. The Labute approximate surface area is 364 Å². The Hall–Kier alpha value is -4.37. The van der Waals surface area contributed by atoms with Gasteiger partial charge in [0.15, 0.2) is 0 Å². The molecule has 1 heterocycles. The van der Waals surface area contributed by atoms with Crippen LogP contribution in [0.25, 0.3) is 0 Å². The number of likely N-dealkylation sites (tertiary alicyclic amines) is 1. The summed E-state index contributed by atoms with van der Waals surface area (Å²) < 4.78 is 12.0. The molecular formula is C47H74N6O8. The van der Waals surface area contributed by atoms with Gasteiger partial charge in [0, 0.05) is 52.0 Å². The van der Waals surface area contributed by atoms with E-state index >= 15 is 0 Å². The third kappa shape index (κ3) is 13.6. The van der Waals surface area contributed by atoms with E-state index in [1.807, 2.05) is 106 Å². The van der Waals surface area contributed by atoms with Crippen molar-refractivity contribution in [2.24, 2.45) is 23.7 Å². The first-order chi connectivity index (χ1) is 28.8. The quantitative estimate of drug-likeness (QED) is 0.0807. The summed E-state index contributed by atoms with van der Waals surface area (Å²) >= 11 is 0. The van der Waals surface area contributed by atoms with Crippen molar-refractivity contribution in [3.05, 3.63) is 65.7 Å². The number of amides is 3. The maximum absolute atomic E-state index is 14.4. The molecule has 3 amide bonds. The number of hydrogen-bond acceptors (Lipinski definition) is 10. The van der Waals surface area contributed by atoms with Crippen LogP contribution in [-0.4, -0.2) is 133 Å². The van der Waals surface area contributed by atoms with Gasteiger partial charge in [-0.15, -0.1) is 0 Å². The summed E-state index contributed by atoms with van der Waals surface area (Å²) in [6.45, 7) is 14.8. The van der Waals surface area contributed by atoms with Gasteiger partial charge in [-0.1, -0.05) is 97.4 Å². The summed E-state index contributed by atoms with van der Waals surface area (Å²) in [5.74, 6) is -3.07. The Bertz CT molecular complexity index is 1730. The van der Waals surface area contributed by atoms with E-state index < -0.39 is 53.7 Å². The molecule has 0 spiro atoms. The van der Waals surface area contributed by atoms with Crippen LogP contribution in [0, 0.1) is 23.7 Å². The molecule has 9 atom stereocenters. The topological polar surface area (TPSA) is 184 Å². The molecule has 1 aliphatic heterocycles. The molecular weight excluding hydrogens is 777 g/mol. The lowest BCUT2D eigenvalue weighted by molar-refractivity contribution is -0.145. The van der Waals surface area contributed by atoms with Crippen molar-refractivity contribution >= 4 is 35.7 Å². The number of carbonyl (C=O) groups excluding carboxylic acids is 4. The summed E-state index contributed by atoms with van der Waals surface area (Å²) in [6, 6.07) is 14.3. The minimum absolute atomic E-state index is 0.0331. The molecule has 0 aliphatic carbocycles. The van der Waals surface area contributed by atoms with E-state index in [4.69, 9.17) is 15.2 Å². The lowest BCUT2D eigenvalue weighted by Crippen LogP contribution is -2.65. The Morgan fingerprint density at radius 1 is 0.951 bits per heavy atom. The average Bonchev–Trinajstić information content (AvgIpc) is 3.70. The van der Waals surface area contributed by atoms with Crippen molar-refractivity contribution in [2.75, 3.05) is 47.1 Å². The van der Waals surface area contributed by atoms with Crippen molar-refractivity contribution in [1.82, 2.24) is 25.3 Å². The molecule has 5 N–H and O–H groups in total. The number of carboxylic acids is 1. The Morgan fingerprint density at radius 3 is 2.15 bits per heavy atom. The molecule has 14 heteroatoms. The number of nitrogens with one attached hydrogen (secondary N) is 2. The summed E-state index contributed by atoms with van der Waals surface area (Å²) in [5.41, 5.74) is 7.19. The first-order valence-electron chi connectivity index (χ1n) is 21.8. The lowest BCUT2D eigenvalue weighted by Gasteiger charge is -2.44. The van der Waals surface area contributed by atoms with Crippen LogP contribution in [0.1, 0.15) is 85.3 Å². The molecule has 2 aromatic carbocycles. The molecule has 1 fully saturated rings. The molecule has 0 saturated carbocycles. The van der Waals surface area contributed by atoms with Gasteiger partial charge in [-0.2, -0.15) is 0 Å². The van der Waals surface area contributed by atoms with E-state index in [0.717, 1.165) is 23.8 Å². The van der Waals surface area contributed by atoms with Gasteiger partial charge in [0.2, 0.25) is 17.7 Å². The standard InChI is InChI=1S/C47H74N6O8/c1-12-32(6)42(52(9)28-47(29-54,31(4)5)50-45(57)41(30(2)3)51(8)27-35-20-16-21-36(48)24-35)39(60-10)26-40(55)53-23-17-22-38(53)43(61-11)33(7)44(56)49-37(46(58)59)25-34-18-14-13-15-19-34/h13-16,18-21,24,29-33,37-39,41-43H,12,17,22-23,25-28,48H2,1-11H3,(H,49,56)(H,50,57)(H,58,59)/t32-,33+,37-,38-,39+,41-,42-,43+,47+/m0/s1. The van der Waals surface area contributed by atoms with Gasteiger partial charge < -0.3 is 40.6 Å².